The number of esters is 1. The number of hydrogen-bond donors (Lipinski definition) is 0. The highest BCUT2D eigenvalue weighted by Gasteiger charge is 2.65. The van der Waals surface area contributed by atoms with Gasteiger partial charge in [-0.3, -0.25) is 5.01 Å². The standard InChI is InChI=1S/C17H20F4N4O2/c1-10(2)25(11(3)4)24-23-14-7-6-12(9-22)8-13(14)16(18,15(26)27-5)17(19,20)21/h6-8,10-11H,1-5H3. The molecule has 1 aromatic carbocycles. The van der Waals surface area contributed by atoms with Crippen molar-refractivity contribution in [3.8, 4) is 6.07 Å². The van der Waals surface area contributed by atoms with Crippen molar-refractivity contribution in [1.29, 1.82) is 5.26 Å². The maximum atomic E-state index is 15.0. The van der Waals surface area contributed by atoms with Gasteiger partial charge in [0.05, 0.1) is 24.4 Å². The number of alkyl halides is 4. The Morgan fingerprint density at radius 3 is 2.15 bits per heavy atom. The number of carbonyl (C=O) groups excluding carboxylic acids is 1. The molecule has 0 saturated carbocycles. The van der Waals surface area contributed by atoms with Gasteiger partial charge in [0.25, 0.3) is 0 Å². The lowest BCUT2D eigenvalue weighted by Gasteiger charge is -2.27. The predicted molar refractivity (Wildman–Crippen MR) is 88.6 cm³/mol. The van der Waals surface area contributed by atoms with Crippen LogP contribution in [0, 0.1) is 11.3 Å². The average molecular weight is 388 g/mol. The van der Waals surface area contributed by atoms with E-state index in [1.165, 1.54) is 5.01 Å². The fraction of sp³-hybridized carbons (Fsp3) is 0.529. The second kappa shape index (κ2) is 8.33. The summed E-state index contributed by atoms with van der Waals surface area (Å²) < 4.78 is 59.4. The highest BCUT2D eigenvalue weighted by Crippen LogP contribution is 2.47. The van der Waals surface area contributed by atoms with Crippen LogP contribution in [-0.4, -0.2) is 36.3 Å². The van der Waals surface area contributed by atoms with Gasteiger partial charge in [-0.15, -0.1) is 5.11 Å². The lowest BCUT2D eigenvalue weighted by molar-refractivity contribution is -0.242. The monoisotopic (exact) mass is 388 g/mol. The van der Waals surface area contributed by atoms with Crippen molar-refractivity contribution in [3.63, 3.8) is 0 Å². The number of hydrogen-bond acceptors (Lipinski definition) is 5. The summed E-state index contributed by atoms with van der Waals surface area (Å²) in [6.45, 7) is 7.18. The number of rotatable bonds is 6. The Bertz CT molecular complexity index is 748. The summed E-state index contributed by atoms with van der Waals surface area (Å²) in [6.07, 6.45) is -5.63. The van der Waals surface area contributed by atoms with Gasteiger partial charge < -0.3 is 4.74 Å². The summed E-state index contributed by atoms with van der Waals surface area (Å²) in [6, 6.07) is 4.12. The molecule has 0 aliphatic heterocycles. The second-order valence-electron chi connectivity index (χ2n) is 6.25. The molecule has 148 valence electrons. The third-order valence-electron chi connectivity index (χ3n) is 3.67. The van der Waals surface area contributed by atoms with Gasteiger partial charge in [0, 0.05) is 17.6 Å². The molecule has 1 unspecified atom stereocenters. The minimum Gasteiger partial charge on any atom is -0.466 e. The minimum absolute atomic E-state index is 0.131. The van der Waals surface area contributed by atoms with E-state index in [2.05, 4.69) is 15.1 Å². The van der Waals surface area contributed by atoms with E-state index in [0.717, 1.165) is 12.1 Å². The second-order valence-corrected chi connectivity index (χ2v) is 6.25. The van der Waals surface area contributed by atoms with Crippen LogP contribution in [0.1, 0.15) is 38.8 Å². The quantitative estimate of drug-likeness (QED) is 0.309. The Kier molecular flexibility index (Phi) is 6.89. The van der Waals surface area contributed by atoms with E-state index in [4.69, 9.17) is 5.26 Å². The van der Waals surface area contributed by atoms with Crippen LogP contribution in [0.15, 0.2) is 28.5 Å². The highest BCUT2D eigenvalue weighted by atomic mass is 19.4. The van der Waals surface area contributed by atoms with Crippen LogP contribution in [0.4, 0.5) is 23.2 Å². The van der Waals surface area contributed by atoms with E-state index in [9.17, 15) is 18.0 Å². The SMILES string of the molecule is COC(=O)C(F)(c1cc(C#N)ccc1N=NN(C(C)C)C(C)C)C(F)(F)F. The maximum Gasteiger partial charge on any atom is 0.438 e. The van der Waals surface area contributed by atoms with Gasteiger partial charge in [-0.25, -0.2) is 9.18 Å². The zero-order valence-electron chi connectivity index (χ0n) is 15.5. The molecule has 1 atom stereocenters. The Balaban J connectivity index is 3.67. The van der Waals surface area contributed by atoms with Gasteiger partial charge in [-0.1, -0.05) is 5.22 Å². The van der Waals surface area contributed by atoms with Crippen LogP contribution in [-0.2, 0) is 15.2 Å². The van der Waals surface area contributed by atoms with Crippen molar-refractivity contribution in [1.82, 2.24) is 5.01 Å². The molecule has 0 saturated heterocycles. The van der Waals surface area contributed by atoms with Crippen molar-refractivity contribution in [3.05, 3.63) is 29.3 Å². The highest BCUT2D eigenvalue weighted by molar-refractivity contribution is 5.84. The van der Waals surface area contributed by atoms with E-state index >= 15 is 4.39 Å². The van der Waals surface area contributed by atoms with Crippen molar-refractivity contribution in [2.24, 2.45) is 10.3 Å². The molecule has 10 heteroatoms. The normalized spacial score (nSPS) is 14.3. The largest absolute Gasteiger partial charge is 0.466 e. The lowest BCUT2D eigenvalue weighted by atomic mass is 9.92. The number of halogens is 4. The van der Waals surface area contributed by atoms with E-state index in [-0.39, 0.29) is 17.6 Å². The molecule has 0 amide bonds. The summed E-state index contributed by atoms with van der Waals surface area (Å²) >= 11 is 0. The molecule has 0 heterocycles. The van der Waals surface area contributed by atoms with Crippen LogP contribution in [0.5, 0.6) is 0 Å². The Labute approximate surface area is 154 Å². The van der Waals surface area contributed by atoms with Gasteiger partial charge >= 0.3 is 17.8 Å². The number of nitriles is 1. The van der Waals surface area contributed by atoms with Gasteiger partial charge in [-0.05, 0) is 45.9 Å². The first kappa shape index (κ1) is 22.3. The van der Waals surface area contributed by atoms with Crippen LogP contribution in [0.25, 0.3) is 0 Å². The van der Waals surface area contributed by atoms with Crippen LogP contribution in [0.3, 0.4) is 0 Å². The third kappa shape index (κ3) is 4.53. The first-order valence-electron chi connectivity index (χ1n) is 7.98. The van der Waals surface area contributed by atoms with Gasteiger partial charge in [0.2, 0.25) is 0 Å². The average Bonchev–Trinajstić information content (AvgIpc) is 2.58. The minimum atomic E-state index is -5.63. The van der Waals surface area contributed by atoms with E-state index in [0.29, 0.717) is 13.2 Å². The topological polar surface area (TPSA) is 78.0 Å². The molecule has 27 heavy (non-hydrogen) atoms. The first-order valence-corrected chi connectivity index (χ1v) is 7.98. The molecule has 0 aliphatic rings. The molecule has 0 radical (unpaired) electrons. The van der Waals surface area contributed by atoms with Crippen LogP contribution < -0.4 is 0 Å². The van der Waals surface area contributed by atoms with Crippen molar-refractivity contribution < 1.29 is 27.1 Å². The first-order chi connectivity index (χ1) is 12.4. The maximum absolute atomic E-state index is 15.0. The summed E-state index contributed by atoms with van der Waals surface area (Å²) in [5.41, 5.74) is -6.46. The molecule has 1 aromatic rings. The molecule has 0 N–H and O–H groups in total. The molecule has 0 aromatic heterocycles. The molecular weight excluding hydrogens is 368 g/mol. The molecular formula is C17H20F4N4O2. The Morgan fingerprint density at radius 2 is 1.74 bits per heavy atom. The van der Waals surface area contributed by atoms with Gasteiger partial charge in [-0.2, -0.15) is 18.4 Å². The summed E-state index contributed by atoms with van der Waals surface area (Å²) in [7, 11) is 0.636. The third-order valence-corrected chi connectivity index (χ3v) is 3.67. The Morgan fingerprint density at radius 1 is 1.19 bits per heavy atom. The van der Waals surface area contributed by atoms with Crippen molar-refractivity contribution in [2.75, 3.05) is 7.11 Å². The van der Waals surface area contributed by atoms with E-state index in [1.54, 1.807) is 33.8 Å². The fourth-order valence-corrected chi connectivity index (χ4v) is 2.39. The molecule has 0 fully saturated rings. The van der Waals surface area contributed by atoms with Crippen molar-refractivity contribution in [2.45, 2.75) is 51.6 Å². The molecule has 0 aliphatic carbocycles. The predicted octanol–water partition coefficient (Wildman–Crippen LogP) is 4.58. The molecule has 0 bridgehead atoms. The van der Waals surface area contributed by atoms with Gasteiger partial charge in [0.15, 0.2) is 0 Å². The number of ether oxygens (including phenoxy) is 1. The summed E-state index contributed by atoms with van der Waals surface area (Å²) in [5.74, 6) is -2.16. The molecule has 1 rings (SSSR count). The fourth-order valence-electron chi connectivity index (χ4n) is 2.39. The summed E-state index contributed by atoms with van der Waals surface area (Å²) in [4.78, 5) is 11.7. The number of benzene rings is 1. The molecule has 6 nitrogen and oxygen atoms in total. The van der Waals surface area contributed by atoms with Gasteiger partial charge in [0.1, 0.15) is 0 Å². The zero-order chi connectivity index (χ0) is 21.0. The smallest absolute Gasteiger partial charge is 0.438 e. The lowest BCUT2D eigenvalue weighted by Crippen LogP contribution is -2.46. The van der Waals surface area contributed by atoms with Crippen LogP contribution >= 0.6 is 0 Å². The van der Waals surface area contributed by atoms with Crippen LogP contribution in [0.2, 0.25) is 0 Å². The number of methoxy groups -OCH3 is 1. The number of carbonyl (C=O) groups is 1. The number of nitrogens with zero attached hydrogens (tertiary/aromatic N) is 4. The van der Waals surface area contributed by atoms with Crippen molar-refractivity contribution >= 4 is 11.7 Å². The van der Waals surface area contributed by atoms with E-state index < -0.39 is 29.1 Å². The Hall–Kier alpha value is -2.70. The summed E-state index contributed by atoms with van der Waals surface area (Å²) in [5, 5.41) is 18.0. The zero-order valence-corrected chi connectivity index (χ0v) is 15.5. The molecule has 0 spiro atoms. The van der Waals surface area contributed by atoms with E-state index in [1.807, 2.05) is 0 Å².